The largest absolute Gasteiger partial charge is 0.444 e. The molecule has 2 N–H and O–H groups in total. The van der Waals surface area contributed by atoms with Crippen molar-refractivity contribution in [3.8, 4) is 17.2 Å². The number of likely N-dealkylation sites (tertiary alicyclic amines) is 1. The number of carbonyl (C=O) groups excluding carboxylic acids is 2. The van der Waals surface area contributed by atoms with Gasteiger partial charge >= 0.3 is 6.09 Å². The molecule has 2 aromatic rings. The second-order valence-corrected chi connectivity index (χ2v) is 9.65. The number of nitrogens with one attached hydrogen (secondary N) is 2. The van der Waals surface area contributed by atoms with Crippen LogP contribution in [-0.2, 0) is 16.1 Å². The van der Waals surface area contributed by atoms with Crippen molar-refractivity contribution in [2.24, 2.45) is 5.92 Å². The van der Waals surface area contributed by atoms with Crippen molar-refractivity contribution in [2.45, 2.75) is 45.8 Å². The number of hydrogen-bond donors (Lipinski definition) is 2. The molecule has 0 radical (unpaired) electrons. The van der Waals surface area contributed by atoms with Crippen molar-refractivity contribution in [1.82, 2.24) is 15.5 Å². The van der Waals surface area contributed by atoms with Gasteiger partial charge in [0.15, 0.2) is 0 Å². The van der Waals surface area contributed by atoms with Crippen LogP contribution in [0, 0.1) is 17.2 Å². The molecule has 0 spiro atoms. The van der Waals surface area contributed by atoms with Gasteiger partial charge < -0.3 is 15.4 Å². The normalized spacial score (nSPS) is 16.4. The van der Waals surface area contributed by atoms with E-state index < -0.39 is 11.7 Å². The lowest BCUT2D eigenvalue weighted by molar-refractivity contribution is -0.126. The fourth-order valence-electron chi connectivity index (χ4n) is 4.10. The standard InChI is InChI=1S/C27H34N4O3/c1-27(2,3)34-26(33)30-15-14-29-25(32)23-8-6-16-31(19-23)18-20-10-12-21(13-11-20)24-9-5-4-7-22(24)17-28/h4-5,7,9-13,23H,6,8,14-16,18-19H2,1-3H3,(H,29,32)(H,30,33). The number of nitriles is 1. The van der Waals surface area contributed by atoms with Gasteiger partial charge in [0.25, 0.3) is 0 Å². The Balaban J connectivity index is 1.46. The van der Waals surface area contributed by atoms with Crippen molar-refractivity contribution in [1.29, 1.82) is 5.26 Å². The summed E-state index contributed by atoms with van der Waals surface area (Å²) in [6.07, 6.45) is 1.36. The number of alkyl carbamates (subject to hydrolysis) is 1. The van der Waals surface area contributed by atoms with Gasteiger partial charge in [0.1, 0.15) is 5.60 Å². The Morgan fingerprint density at radius 3 is 2.50 bits per heavy atom. The van der Waals surface area contributed by atoms with E-state index in [9.17, 15) is 14.9 Å². The Labute approximate surface area is 202 Å². The molecule has 7 heteroatoms. The van der Waals surface area contributed by atoms with Crippen molar-refractivity contribution in [2.75, 3.05) is 26.2 Å². The summed E-state index contributed by atoms with van der Waals surface area (Å²) in [4.78, 5) is 26.6. The molecular weight excluding hydrogens is 428 g/mol. The van der Waals surface area contributed by atoms with Gasteiger partial charge in [0.2, 0.25) is 5.91 Å². The minimum atomic E-state index is -0.541. The molecule has 7 nitrogen and oxygen atoms in total. The highest BCUT2D eigenvalue weighted by molar-refractivity contribution is 5.79. The van der Waals surface area contributed by atoms with Gasteiger partial charge in [-0.25, -0.2) is 4.79 Å². The van der Waals surface area contributed by atoms with Crippen molar-refractivity contribution in [3.05, 3.63) is 59.7 Å². The quantitative estimate of drug-likeness (QED) is 0.605. The molecule has 2 aromatic carbocycles. The van der Waals surface area contributed by atoms with E-state index in [2.05, 4.69) is 45.9 Å². The van der Waals surface area contributed by atoms with Crippen LogP contribution in [0.3, 0.4) is 0 Å². The van der Waals surface area contributed by atoms with E-state index in [0.29, 0.717) is 25.2 Å². The smallest absolute Gasteiger partial charge is 0.407 e. The molecule has 1 heterocycles. The third kappa shape index (κ3) is 7.60. The lowest BCUT2D eigenvalue weighted by atomic mass is 9.96. The van der Waals surface area contributed by atoms with E-state index in [1.807, 2.05) is 45.0 Å². The zero-order valence-corrected chi connectivity index (χ0v) is 20.3. The number of hydrogen-bond acceptors (Lipinski definition) is 5. The predicted octanol–water partition coefficient (Wildman–Crippen LogP) is 4.08. The number of benzene rings is 2. The first-order valence-electron chi connectivity index (χ1n) is 11.8. The van der Waals surface area contributed by atoms with E-state index in [4.69, 9.17) is 4.74 Å². The van der Waals surface area contributed by atoms with E-state index >= 15 is 0 Å². The molecular formula is C27H34N4O3. The molecule has 3 rings (SSSR count). The van der Waals surface area contributed by atoms with Crippen LogP contribution in [0.2, 0.25) is 0 Å². The van der Waals surface area contributed by atoms with Crippen LogP contribution in [0.1, 0.15) is 44.7 Å². The van der Waals surface area contributed by atoms with Gasteiger partial charge in [0, 0.05) is 26.2 Å². The minimum absolute atomic E-state index is 0.0270. The van der Waals surface area contributed by atoms with Gasteiger partial charge in [-0.1, -0.05) is 42.5 Å². The molecule has 0 aromatic heterocycles. The van der Waals surface area contributed by atoms with Gasteiger partial charge in [0.05, 0.1) is 17.6 Å². The molecule has 1 aliphatic heterocycles. The molecule has 1 atom stereocenters. The molecule has 180 valence electrons. The number of ether oxygens (including phenoxy) is 1. The number of nitrogens with zero attached hydrogens (tertiary/aromatic N) is 2. The maximum absolute atomic E-state index is 12.6. The van der Waals surface area contributed by atoms with E-state index in [0.717, 1.165) is 37.1 Å². The summed E-state index contributed by atoms with van der Waals surface area (Å²) in [7, 11) is 0. The minimum Gasteiger partial charge on any atom is -0.444 e. The van der Waals surface area contributed by atoms with Crippen molar-refractivity contribution < 1.29 is 14.3 Å². The Bertz CT molecular complexity index is 1020. The SMILES string of the molecule is CC(C)(C)OC(=O)NCCNC(=O)C1CCCN(Cc2ccc(-c3ccccc3C#N)cc2)C1. The highest BCUT2D eigenvalue weighted by Gasteiger charge is 2.25. The fraction of sp³-hybridized carbons (Fsp3) is 0.444. The molecule has 0 saturated carbocycles. The summed E-state index contributed by atoms with van der Waals surface area (Å²) in [5.41, 5.74) is 3.27. The summed E-state index contributed by atoms with van der Waals surface area (Å²) >= 11 is 0. The van der Waals surface area contributed by atoms with Gasteiger partial charge in [-0.15, -0.1) is 0 Å². The first-order chi connectivity index (χ1) is 16.2. The number of carbonyl (C=O) groups is 2. The van der Waals surface area contributed by atoms with Crippen LogP contribution in [-0.4, -0.2) is 48.7 Å². The summed E-state index contributed by atoms with van der Waals surface area (Å²) in [5, 5.41) is 14.9. The third-order valence-corrected chi connectivity index (χ3v) is 5.69. The van der Waals surface area contributed by atoms with Crippen LogP contribution in [0.25, 0.3) is 11.1 Å². The maximum atomic E-state index is 12.6. The van der Waals surface area contributed by atoms with Crippen LogP contribution < -0.4 is 10.6 Å². The molecule has 1 aliphatic rings. The Morgan fingerprint density at radius 1 is 1.09 bits per heavy atom. The first kappa shape index (κ1) is 25.3. The molecule has 1 fully saturated rings. The summed E-state index contributed by atoms with van der Waals surface area (Å²) in [6.45, 7) is 8.60. The van der Waals surface area contributed by atoms with Crippen molar-refractivity contribution in [3.63, 3.8) is 0 Å². The summed E-state index contributed by atoms with van der Waals surface area (Å²) in [6, 6.07) is 18.1. The maximum Gasteiger partial charge on any atom is 0.407 e. The molecule has 2 amide bonds. The van der Waals surface area contributed by atoms with Gasteiger partial charge in [-0.3, -0.25) is 9.69 Å². The molecule has 1 saturated heterocycles. The summed E-state index contributed by atoms with van der Waals surface area (Å²) in [5.74, 6) is -0.0313. The van der Waals surface area contributed by atoms with E-state index in [-0.39, 0.29) is 11.8 Å². The zero-order chi connectivity index (χ0) is 24.6. The topological polar surface area (TPSA) is 94.5 Å². The number of amides is 2. The first-order valence-corrected chi connectivity index (χ1v) is 11.8. The lowest BCUT2D eigenvalue weighted by Gasteiger charge is -2.32. The third-order valence-electron chi connectivity index (χ3n) is 5.69. The van der Waals surface area contributed by atoms with Crippen molar-refractivity contribution >= 4 is 12.0 Å². The molecule has 0 bridgehead atoms. The average molecular weight is 463 g/mol. The Morgan fingerprint density at radius 2 is 1.79 bits per heavy atom. The van der Waals surface area contributed by atoms with Crippen LogP contribution in [0.5, 0.6) is 0 Å². The highest BCUT2D eigenvalue weighted by Crippen LogP contribution is 2.25. The average Bonchev–Trinajstić information content (AvgIpc) is 2.81. The van der Waals surface area contributed by atoms with Gasteiger partial charge in [-0.2, -0.15) is 5.26 Å². The molecule has 1 unspecified atom stereocenters. The Hall–Kier alpha value is -3.37. The number of rotatable bonds is 7. The second kappa shape index (κ2) is 11.7. The second-order valence-electron chi connectivity index (χ2n) is 9.65. The fourth-order valence-corrected chi connectivity index (χ4v) is 4.10. The zero-order valence-electron chi connectivity index (χ0n) is 20.3. The van der Waals surface area contributed by atoms with Crippen LogP contribution in [0.4, 0.5) is 4.79 Å². The summed E-state index contributed by atoms with van der Waals surface area (Å²) < 4.78 is 5.19. The van der Waals surface area contributed by atoms with Crippen LogP contribution in [0.15, 0.2) is 48.5 Å². The van der Waals surface area contributed by atoms with E-state index in [1.165, 1.54) is 5.56 Å². The highest BCUT2D eigenvalue weighted by atomic mass is 16.6. The van der Waals surface area contributed by atoms with Crippen LogP contribution >= 0.6 is 0 Å². The lowest BCUT2D eigenvalue weighted by Crippen LogP contribution is -2.44. The molecule has 34 heavy (non-hydrogen) atoms. The Kier molecular flexibility index (Phi) is 8.67. The van der Waals surface area contributed by atoms with E-state index in [1.54, 1.807) is 0 Å². The predicted molar refractivity (Wildman–Crippen MR) is 132 cm³/mol. The van der Waals surface area contributed by atoms with Gasteiger partial charge in [-0.05, 0) is 62.9 Å². The molecule has 0 aliphatic carbocycles. The monoisotopic (exact) mass is 462 g/mol. The number of piperidine rings is 1.